The first-order valence-corrected chi connectivity index (χ1v) is 5.71. The van der Waals surface area contributed by atoms with Gasteiger partial charge in [-0.05, 0) is 25.1 Å². The minimum Gasteiger partial charge on any atom is -0.395 e. The van der Waals surface area contributed by atoms with Crippen LogP contribution in [0.25, 0.3) is 0 Å². The Morgan fingerprint density at radius 3 is 2.69 bits per heavy atom. The Morgan fingerprint density at radius 1 is 1.44 bits per heavy atom. The van der Waals surface area contributed by atoms with Gasteiger partial charge in [-0.3, -0.25) is 4.79 Å². The third-order valence-electron chi connectivity index (χ3n) is 2.20. The number of halogens is 2. The number of hydrogen-bond acceptors (Lipinski definition) is 2. The second-order valence-corrected chi connectivity index (χ2v) is 4.08. The molecule has 1 N–H and O–H groups in total. The van der Waals surface area contributed by atoms with Crippen molar-refractivity contribution in [3.05, 3.63) is 33.8 Å². The Labute approximate surface area is 105 Å². The molecule has 0 radical (unpaired) electrons. The predicted molar refractivity (Wildman–Crippen MR) is 65.1 cm³/mol. The van der Waals surface area contributed by atoms with Crippen molar-refractivity contribution >= 4 is 29.1 Å². The van der Waals surface area contributed by atoms with E-state index in [4.69, 9.17) is 28.3 Å². The third kappa shape index (κ3) is 3.11. The van der Waals surface area contributed by atoms with E-state index in [9.17, 15) is 4.79 Å². The maximum Gasteiger partial charge on any atom is 0.255 e. The molecule has 0 unspecified atom stereocenters. The van der Waals surface area contributed by atoms with Gasteiger partial charge in [-0.25, -0.2) is 0 Å². The van der Waals surface area contributed by atoms with E-state index in [2.05, 4.69) is 0 Å². The van der Waals surface area contributed by atoms with Crippen LogP contribution in [-0.2, 0) is 0 Å². The lowest BCUT2D eigenvalue weighted by atomic mass is 10.2. The monoisotopic (exact) mass is 261 g/mol. The molecular weight excluding hydrogens is 249 g/mol. The largest absolute Gasteiger partial charge is 0.395 e. The van der Waals surface area contributed by atoms with Crippen molar-refractivity contribution in [1.82, 2.24) is 4.90 Å². The normalized spacial score (nSPS) is 10.2. The number of benzene rings is 1. The first-order chi connectivity index (χ1) is 7.60. The van der Waals surface area contributed by atoms with E-state index >= 15 is 0 Å². The number of hydrogen-bond donors (Lipinski definition) is 1. The smallest absolute Gasteiger partial charge is 0.255 e. The second-order valence-electron chi connectivity index (χ2n) is 3.23. The fraction of sp³-hybridized carbons (Fsp3) is 0.364. The molecule has 0 bridgehead atoms. The van der Waals surface area contributed by atoms with Crippen LogP contribution in [0.2, 0.25) is 10.0 Å². The molecular formula is C11H13Cl2NO2. The van der Waals surface area contributed by atoms with E-state index in [0.29, 0.717) is 22.2 Å². The van der Waals surface area contributed by atoms with Crippen LogP contribution in [0.5, 0.6) is 0 Å². The maximum absolute atomic E-state index is 12.0. The highest BCUT2D eigenvalue weighted by Gasteiger charge is 2.16. The number of rotatable bonds is 4. The summed E-state index contributed by atoms with van der Waals surface area (Å²) in [7, 11) is 0. The zero-order chi connectivity index (χ0) is 12.1. The molecule has 0 aliphatic heterocycles. The summed E-state index contributed by atoms with van der Waals surface area (Å²) >= 11 is 11.7. The van der Waals surface area contributed by atoms with Gasteiger partial charge in [-0.15, -0.1) is 0 Å². The Balaban J connectivity index is 2.98. The van der Waals surface area contributed by atoms with Crippen LogP contribution in [0.1, 0.15) is 17.3 Å². The topological polar surface area (TPSA) is 40.5 Å². The zero-order valence-electron chi connectivity index (χ0n) is 8.91. The van der Waals surface area contributed by atoms with Crippen molar-refractivity contribution in [1.29, 1.82) is 0 Å². The highest BCUT2D eigenvalue weighted by atomic mass is 35.5. The summed E-state index contributed by atoms with van der Waals surface area (Å²) in [6.45, 7) is 2.57. The zero-order valence-corrected chi connectivity index (χ0v) is 10.4. The molecule has 0 saturated carbocycles. The van der Waals surface area contributed by atoms with Gasteiger partial charge >= 0.3 is 0 Å². The summed E-state index contributed by atoms with van der Waals surface area (Å²) in [5.74, 6) is -0.218. The molecule has 5 heteroatoms. The molecule has 0 atom stereocenters. The number of carbonyl (C=O) groups excluding carboxylic acids is 1. The van der Waals surface area contributed by atoms with Crippen molar-refractivity contribution in [2.45, 2.75) is 6.92 Å². The van der Waals surface area contributed by atoms with E-state index < -0.39 is 0 Å². The minimum atomic E-state index is -0.218. The Bertz CT molecular complexity index is 382. The van der Waals surface area contributed by atoms with Crippen molar-refractivity contribution in [3.8, 4) is 0 Å². The first kappa shape index (κ1) is 13.3. The van der Waals surface area contributed by atoms with Gasteiger partial charge in [0.15, 0.2) is 0 Å². The third-order valence-corrected chi connectivity index (χ3v) is 2.76. The van der Waals surface area contributed by atoms with Crippen LogP contribution in [0.3, 0.4) is 0 Å². The second kappa shape index (κ2) is 6.09. The SMILES string of the molecule is CCN(CCO)C(=O)c1cc(Cl)ccc1Cl. The fourth-order valence-electron chi connectivity index (χ4n) is 1.36. The van der Waals surface area contributed by atoms with Crippen LogP contribution in [0.15, 0.2) is 18.2 Å². The first-order valence-electron chi connectivity index (χ1n) is 4.95. The average Bonchev–Trinajstić information content (AvgIpc) is 2.28. The summed E-state index contributed by atoms with van der Waals surface area (Å²) in [5.41, 5.74) is 0.365. The minimum absolute atomic E-state index is 0.0717. The molecule has 0 saturated heterocycles. The summed E-state index contributed by atoms with van der Waals surface area (Å²) in [4.78, 5) is 13.5. The van der Waals surface area contributed by atoms with Crippen LogP contribution >= 0.6 is 23.2 Å². The predicted octanol–water partition coefficient (Wildman–Crippen LogP) is 2.45. The molecule has 0 aliphatic carbocycles. The number of nitrogens with zero attached hydrogens (tertiary/aromatic N) is 1. The number of aliphatic hydroxyl groups is 1. The quantitative estimate of drug-likeness (QED) is 0.905. The van der Waals surface area contributed by atoms with Gasteiger partial charge in [-0.2, -0.15) is 0 Å². The van der Waals surface area contributed by atoms with Gasteiger partial charge in [0, 0.05) is 18.1 Å². The number of amides is 1. The summed E-state index contributed by atoms with van der Waals surface area (Å²) in [6, 6.07) is 4.75. The Morgan fingerprint density at radius 2 is 2.12 bits per heavy atom. The Hall–Kier alpha value is -0.770. The van der Waals surface area contributed by atoms with Crippen molar-refractivity contribution < 1.29 is 9.90 Å². The lowest BCUT2D eigenvalue weighted by Gasteiger charge is -2.20. The molecule has 0 aromatic heterocycles. The van der Waals surface area contributed by atoms with E-state index in [0.717, 1.165) is 0 Å². The summed E-state index contributed by atoms with van der Waals surface area (Å²) in [5, 5.41) is 9.67. The summed E-state index contributed by atoms with van der Waals surface area (Å²) < 4.78 is 0. The van der Waals surface area contributed by atoms with Gasteiger partial charge < -0.3 is 10.0 Å². The van der Waals surface area contributed by atoms with Crippen molar-refractivity contribution in [2.24, 2.45) is 0 Å². The molecule has 1 aromatic rings. The highest BCUT2D eigenvalue weighted by molar-refractivity contribution is 6.35. The van der Waals surface area contributed by atoms with E-state index in [1.165, 1.54) is 11.0 Å². The van der Waals surface area contributed by atoms with Crippen molar-refractivity contribution in [2.75, 3.05) is 19.7 Å². The Kier molecular flexibility index (Phi) is 5.06. The summed E-state index contributed by atoms with van der Waals surface area (Å²) in [6.07, 6.45) is 0. The molecule has 1 aromatic carbocycles. The van der Waals surface area contributed by atoms with E-state index in [-0.39, 0.29) is 19.1 Å². The van der Waals surface area contributed by atoms with Crippen LogP contribution in [0, 0.1) is 0 Å². The van der Waals surface area contributed by atoms with Gasteiger partial charge in [0.2, 0.25) is 0 Å². The highest BCUT2D eigenvalue weighted by Crippen LogP contribution is 2.21. The molecule has 1 rings (SSSR count). The molecule has 0 heterocycles. The molecule has 88 valence electrons. The lowest BCUT2D eigenvalue weighted by Crippen LogP contribution is -2.33. The molecule has 0 spiro atoms. The molecule has 1 amide bonds. The van der Waals surface area contributed by atoms with Gasteiger partial charge in [0.25, 0.3) is 5.91 Å². The lowest BCUT2D eigenvalue weighted by molar-refractivity contribution is 0.0732. The fourth-order valence-corrected chi connectivity index (χ4v) is 1.73. The number of likely N-dealkylation sites (N-methyl/N-ethyl adjacent to an activating group) is 1. The standard InChI is InChI=1S/C11H13Cl2NO2/c1-2-14(5-6-15)11(16)9-7-8(12)3-4-10(9)13/h3-4,7,15H,2,5-6H2,1H3. The van der Waals surface area contributed by atoms with Crippen LogP contribution in [0.4, 0.5) is 0 Å². The average molecular weight is 262 g/mol. The maximum atomic E-state index is 12.0. The molecule has 3 nitrogen and oxygen atoms in total. The molecule has 0 aliphatic rings. The molecule has 0 fully saturated rings. The van der Waals surface area contributed by atoms with Gasteiger partial charge in [-0.1, -0.05) is 23.2 Å². The van der Waals surface area contributed by atoms with Gasteiger partial charge in [0.05, 0.1) is 17.2 Å². The number of aliphatic hydroxyl groups excluding tert-OH is 1. The number of carbonyl (C=O) groups is 1. The van der Waals surface area contributed by atoms with Crippen LogP contribution < -0.4 is 0 Å². The van der Waals surface area contributed by atoms with Crippen LogP contribution in [-0.4, -0.2) is 35.6 Å². The van der Waals surface area contributed by atoms with E-state index in [1.54, 1.807) is 12.1 Å². The molecule has 16 heavy (non-hydrogen) atoms. The van der Waals surface area contributed by atoms with Crippen molar-refractivity contribution in [3.63, 3.8) is 0 Å². The van der Waals surface area contributed by atoms with Gasteiger partial charge in [0.1, 0.15) is 0 Å². The van der Waals surface area contributed by atoms with E-state index in [1.807, 2.05) is 6.92 Å².